The van der Waals surface area contributed by atoms with Crippen LogP contribution in [0.15, 0.2) is 6.20 Å². The summed E-state index contributed by atoms with van der Waals surface area (Å²) in [6, 6.07) is 0. The van der Waals surface area contributed by atoms with Crippen molar-refractivity contribution in [1.82, 2.24) is 14.5 Å². The number of nitrogens with zero attached hydrogens (tertiary/aromatic N) is 3. The zero-order valence-corrected chi connectivity index (χ0v) is 11.6. The second kappa shape index (κ2) is 5.93. The number of carboxylic acid groups (broad SMARTS) is 1. The molecular weight excluding hydrogens is 258 g/mol. The highest BCUT2D eigenvalue weighted by molar-refractivity contribution is 5.75. The van der Waals surface area contributed by atoms with E-state index in [4.69, 9.17) is 4.74 Å². The SMILES string of the molecule is O=C(O)C1CCCn2cc(CCN3CCOCC3)nc21. The molecule has 0 aliphatic carbocycles. The summed E-state index contributed by atoms with van der Waals surface area (Å²) in [5.41, 5.74) is 1.01. The molecule has 0 saturated carbocycles. The van der Waals surface area contributed by atoms with Crippen LogP contribution >= 0.6 is 0 Å². The van der Waals surface area contributed by atoms with Crippen LogP contribution in [0, 0.1) is 0 Å². The molecule has 110 valence electrons. The maximum Gasteiger partial charge on any atom is 0.314 e. The van der Waals surface area contributed by atoms with E-state index in [1.807, 2.05) is 10.8 Å². The van der Waals surface area contributed by atoms with Gasteiger partial charge in [-0.05, 0) is 12.8 Å². The maximum atomic E-state index is 11.3. The van der Waals surface area contributed by atoms with E-state index in [0.29, 0.717) is 6.42 Å². The largest absolute Gasteiger partial charge is 0.481 e. The lowest BCUT2D eigenvalue weighted by molar-refractivity contribution is -0.139. The molecule has 2 aliphatic rings. The van der Waals surface area contributed by atoms with E-state index in [1.165, 1.54) is 0 Å². The molecule has 1 atom stereocenters. The van der Waals surface area contributed by atoms with E-state index < -0.39 is 11.9 Å². The number of carboxylic acids is 1. The topological polar surface area (TPSA) is 67.6 Å². The molecule has 0 spiro atoms. The minimum atomic E-state index is -0.753. The van der Waals surface area contributed by atoms with Crippen molar-refractivity contribution in [2.45, 2.75) is 31.7 Å². The third-order valence-electron chi connectivity index (χ3n) is 4.15. The van der Waals surface area contributed by atoms with E-state index in [2.05, 4.69) is 9.88 Å². The van der Waals surface area contributed by atoms with Crippen LogP contribution in [0.25, 0.3) is 0 Å². The second-order valence-corrected chi connectivity index (χ2v) is 5.52. The molecule has 2 aliphatic heterocycles. The number of hydrogen-bond donors (Lipinski definition) is 1. The summed E-state index contributed by atoms with van der Waals surface area (Å²) in [5.74, 6) is -0.446. The Hall–Kier alpha value is -1.40. The van der Waals surface area contributed by atoms with Gasteiger partial charge in [0.2, 0.25) is 0 Å². The van der Waals surface area contributed by atoms with Gasteiger partial charge in [-0.25, -0.2) is 4.98 Å². The maximum absolute atomic E-state index is 11.3. The third kappa shape index (κ3) is 2.86. The van der Waals surface area contributed by atoms with E-state index in [-0.39, 0.29) is 0 Å². The zero-order chi connectivity index (χ0) is 13.9. The fourth-order valence-electron chi connectivity index (χ4n) is 2.99. The van der Waals surface area contributed by atoms with Crippen molar-refractivity contribution in [3.8, 4) is 0 Å². The standard InChI is InChI=1S/C14H21N3O3/c18-14(19)12-2-1-4-17-10-11(15-13(12)17)3-5-16-6-8-20-9-7-16/h10,12H,1-9H2,(H,18,19). The highest BCUT2D eigenvalue weighted by Gasteiger charge is 2.28. The number of ether oxygens (including phenoxy) is 1. The van der Waals surface area contributed by atoms with Gasteiger partial charge in [-0.15, -0.1) is 0 Å². The molecule has 1 unspecified atom stereocenters. The lowest BCUT2D eigenvalue weighted by Crippen LogP contribution is -2.37. The van der Waals surface area contributed by atoms with Crippen molar-refractivity contribution in [1.29, 1.82) is 0 Å². The number of aryl methyl sites for hydroxylation is 1. The summed E-state index contributed by atoms with van der Waals surface area (Å²) in [6.07, 6.45) is 4.54. The smallest absolute Gasteiger partial charge is 0.314 e. The molecule has 6 nitrogen and oxygen atoms in total. The van der Waals surface area contributed by atoms with Crippen LogP contribution in [-0.2, 0) is 22.5 Å². The van der Waals surface area contributed by atoms with E-state index in [0.717, 1.165) is 63.8 Å². The predicted molar refractivity (Wildman–Crippen MR) is 72.8 cm³/mol. The lowest BCUT2D eigenvalue weighted by atomic mass is 9.99. The molecule has 6 heteroatoms. The Kier molecular flexibility index (Phi) is 4.03. The Morgan fingerprint density at radius 2 is 2.20 bits per heavy atom. The Bertz CT molecular complexity index is 480. The van der Waals surface area contributed by atoms with Crippen LogP contribution in [0.4, 0.5) is 0 Å². The minimum Gasteiger partial charge on any atom is -0.481 e. The van der Waals surface area contributed by atoms with Gasteiger partial charge in [0, 0.05) is 38.8 Å². The van der Waals surface area contributed by atoms with Crippen LogP contribution < -0.4 is 0 Å². The average molecular weight is 279 g/mol. The minimum absolute atomic E-state index is 0.430. The Morgan fingerprint density at radius 3 is 2.95 bits per heavy atom. The first kappa shape index (κ1) is 13.6. The molecule has 3 rings (SSSR count). The second-order valence-electron chi connectivity index (χ2n) is 5.52. The highest BCUT2D eigenvalue weighted by atomic mass is 16.5. The summed E-state index contributed by atoms with van der Waals surface area (Å²) >= 11 is 0. The first-order valence-electron chi connectivity index (χ1n) is 7.33. The van der Waals surface area contributed by atoms with Gasteiger partial charge in [0.05, 0.1) is 18.9 Å². The first-order valence-corrected chi connectivity index (χ1v) is 7.33. The number of hydrogen-bond acceptors (Lipinski definition) is 4. The van der Waals surface area contributed by atoms with Gasteiger partial charge in [-0.3, -0.25) is 9.69 Å². The molecule has 3 heterocycles. The van der Waals surface area contributed by atoms with Gasteiger partial charge in [0.15, 0.2) is 0 Å². The van der Waals surface area contributed by atoms with Gasteiger partial charge in [0.25, 0.3) is 0 Å². The van der Waals surface area contributed by atoms with Crippen LogP contribution in [0.5, 0.6) is 0 Å². The molecule has 0 aromatic carbocycles. The van der Waals surface area contributed by atoms with Gasteiger partial charge < -0.3 is 14.4 Å². The van der Waals surface area contributed by atoms with Crippen LogP contribution in [0.3, 0.4) is 0 Å². The number of morpholine rings is 1. The average Bonchev–Trinajstić information content (AvgIpc) is 2.88. The van der Waals surface area contributed by atoms with E-state index >= 15 is 0 Å². The summed E-state index contributed by atoms with van der Waals surface area (Å²) < 4.78 is 7.36. The Balaban J connectivity index is 1.64. The molecule has 0 amide bonds. The van der Waals surface area contributed by atoms with Crippen molar-refractivity contribution in [3.63, 3.8) is 0 Å². The van der Waals surface area contributed by atoms with Crippen molar-refractivity contribution in [2.24, 2.45) is 0 Å². The lowest BCUT2D eigenvalue weighted by Gasteiger charge is -2.26. The van der Waals surface area contributed by atoms with Crippen molar-refractivity contribution in [3.05, 3.63) is 17.7 Å². The van der Waals surface area contributed by atoms with Crippen LogP contribution in [-0.4, -0.2) is 58.4 Å². The molecule has 1 aromatic rings. The molecule has 1 aromatic heterocycles. The predicted octanol–water partition coefficient (Wildman–Crippen LogP) is 0.720. The quantitative estimate of drug-likeness (QED) is 0.879. The van der Waals surface area contributed by atoms with E-state index in [9.17, 15) is 9.90 Å². The van der Waals surface area contributed by atoms with Gasteiger partial charge >= 0.3 is 5.97 Å². The third-order valence-corrected chi connectivity index (χ3v) is 4.15. The summed E-state index contributed by atoms with van der Waals surface area (Å²) in [7, 11) is 0. The molecule has 1 fully saturated rings. The summed E-state index contributed by atoms with van der Waals surface area (Å²) in [5, 5.41) is 9.25. The number of aromatic nitrogens is 2. The molecule has 20 heavy (non-hydrogen) atoms. The normalized spacial score (nSPS) is 23.5. The molecule has 1 N–H and O–H groups in total. The zero-order valence-electron chi connectivity index (χ0n) is 11.6. The number of imidazole rings is 1. The fourth-order valence-corrected chi connectivity index (χ4v) is 2.99. The van der Waals surface area contributed by atoms with Crippen molar-refractivity contribution in [2.75, 3.05) is 32.8 Å². The first-order chi connectivity index (χ1) is 9.74. The fraction of sp³-hybridized carbons (Fsp3) is 0.714. The molecule has 0 bridgehead atoms. The van der Waals surface area contributed by atoms with Gasteiger partial charge in [0.1, 0.15) is 11.7 Å². The number of fused-ring (bicyclic) bond motifs is 1. The van der Waals surface area contributed by atoms with Crippen molar-refractivity contribution < 1.29 is 14.6 Å². The number of aliphatic carboxylic acids is 1. The molecule has 1 saturated heterocycles. The monoisotopic (exact) mass is 279 g/mol. The number of rotatable bonds is 4. The molecular formula is C14H21N3O3. The Morgan fingerprint density at radius 1 is 1.40 bits per heavy atom. The van der Waals surface area contributed by atoms with Crippen molar-refractivity contribution >= 4 is 5.97 Å². The highest BCUT2D eigenvalue weighted by Crippen LogP contribution is 2.27. The summed E-state index contributed by atoms with van der Waals surface area (Å²) in [6.45, 7) is 5.43. The van der Waals surface area contributed by atoms with Crippen LogP contribution in [0.2, 0.25) is 0 Å². The van der Waals surface area contributed by atoms with E-state index in [1.54, 1.807) is 0 Å². The summed E-state index contributed by atoms with van der Waals surface area (Å²) in [4.78, 5) is 18.2. The Labute approximate surface area is 118 Å². The number of carbonyl (C=O) groups is 1. The van der Waals surface area contributed by atoms with Crippen LogP contribution in [0.1, 0.15) is 30.3 Å². The van der Waals surface area contributed by atoms with Gasteiger partial charge in [-0.2, -0.15) is 0 Å². The molecule has 0 radical (unpaired) electrons. The van der Waals surface area contributed by atoms with Gasteiger partial charge in [-0.1, -0.05) is 0 Å².